The van der Waals surface area contributed by atoms with Gasteiger partial charge in [-0.2, -0.15) is 5.26 Å². The smallest absolute Gasteiger partial charge is 0.224 e. The highest BCUT2D eigenvalue weighted by Crippen LogP contribution is 2.30. The number of nitriles is 1. The van der Waals surface area contributed by atoms with Crippen LogP contribution in [-0.4, -0.2) is 31.0 Å². The molecule has 0 radical (unpaired) electrons. The van der Waals surface area contributed by atoms with Gasteiger partial charge < -0.3 is 9.64 Å². The molecular formula is C16H22N2O2. The molecule has 0 N–H and O–H groups in total. The van der Waals surface area contributed by atoms with E-state index >= 15 is 0 Å². The van der Waals surface area contributed by atoms with Crippen LogP contribution in [0, 0.1) is 18.3 Å². The van der Waals surface area contributed by atoms with E-state index in [2.05, 4.69) is 6.07 Å². The van der Waals surface area contributed by atoms with Crippen molar-refractivity contribution in [3.63, 3.8) is 0 Å². The molecule has 1 aromatic carbocycles. The molecule has 0 bridgehead atoms. The van der Waals surface area contributed by atoms with Crippen LogP contribution in [0.25, 0.3) is 0 Å². The molecular weight excluding hydrogens is 252 g/mol. The number of hydrogen-bond donors (Lipinski definition) is 0. The lowest BCUT2D eigenvalue weighted by Gasteiger charge is -2.21. The first kappa shape index (κ1) is 16.0. The highest BCUT2D eigenvalue weighted by molar-refractivity contribution is 5.77. The van der Waals surface area contributed by atoms with Gasteiger partial charge in [-0.1, -0.05) is 17.7 Å². The number of nitrogens with zero attached hydrogens (tertiary/aromatic N) is 2. The lowest BCUT2D eigenvalue weighted by Crippen LogP contribution is -2.31. The third-order valence-corrected chi connectivity index (χ3v) is 3.41. The molecule has 1 aromatic rings. The molecule has 0 aromatic heterocycles. The average molecular weight is 274 g/mol. The number of hydrogen-bond acceptors (Lipinski definition) is 3. The van der Waals surface area contributed by atoms with E-state index in [9.17, 15) is 10.1 Å². The highest BCUT2D eigenvalue weighted by Gasteiger charge is 2.21. The SMILES string of the molecule is CCN(CC)C(=O)CC(C#N)c1cc(C)ccc1OC. The van der Waals surface area contributed by atoms with Crippen LogP contribution in [0.3, 0.4) is 0 Å². The number of carbonyl (C=O) groups is 1. The fraction of sp³-hybridized carbons (Fsp3) is 0.500. The van der Waals surface area contributed by atoms with Crippen LogP contribution >= 0.6 is 0 Å². The molecule has 0 saturated carbocycles. The number of methoxy groups -OCH3 is 1. The van der Waals surface area contributed by atoms with Crippen LogP contribution in [0.1, 0.15) is 37.3 Å². The number of benzene rings is 1. The number of carbonyl (C=O) groups excluding carboxylic acids is 1. The Labute approximate surface area is 121 Å². The normalized spacial score (nSPS) is 11.6. The Morgan fingerprint density at radius 3 is 2.55 bits per heavy atom. The van der Waals surface area contributed by atoms with E-state index in [4.69, 9.17) is 4.74 Å². The zero-order valence-electron chi connectivity index (χ0n) is 12.6. The van der Waals surface area contributed by atoms with Crippen molar-refractivity contribution < 1.29 is 9.53 Å². The van der Waals surface area contributed by atoms with Crippen LogP contribution in [-0.2, 0) is 4.79 Å². The fourth-order valence-electron chi connectivity index (χ4n) is 2.23. The van der Waals surface area contributed by atoms with E-state index in [-0.39, 0.29) is 12.3 Å². The second kappa shape index (κ2) is 7.54. The summed E-state index contributed by atoms with van der Waals surface area (Å²) in [6.45, 7) is 7.17. The molecule has 0 fully saturated rings. The van der Waals surface area contributed by atoms with E-state index in [0.717, 1.165) is 11.1 Å². The molecule has 0 saturated heterocycles. The number of aryl methyl sites for hydroxylation is 1. The van der Waals surface area contributed by atoms with Crippen molar-refractivity contribution in [2.75, 3.05) is 20.2 Å². The molecule has 4 nitrogen and oxygen atoms in total. The summed E-state index contributed by atoms with van der Waals surface area (Å²) in [5.41, 5.74) is 1.84. The molecule has 0 spiro atoms. The lowest BCUT2D eigenvalue weighted by atomic mass is 9.94. The Hall–Kier alpha value is -2.02. The molecule has 1 amide bonds. The Morgan fingerprint density at radius 1 is 1.40 bits per heavy atom. The van der Waals surface area contributed by atoms with Crippen molar-refractivity contribution in [1.29, 1.82) is 5.26 Å². The summed E-state index contributed by atoms with van der Waals surface area (Å²) < 4.78 is 5.30. The van der Waals surface area contributed by atoms with Gasteiger partial charge in [0.05, 0.1) is 19.1 Å². The van der Waals surface area contributed by atoms with Crippen molar-refractivity contribution >= 4 is 5.91 Å². The van der Waals surface area contributed by atoms with Gasteiger partial charge in [-0.15, -0.1) is 0 Å². The quantitative estimate of drug-likeness (QED) is 0.801. The third-order valence-electron chi connectivity index (χ3n) is 3.41. The van der Waals surface area contributed by atoms with Crippen molar-refractivity contribution in [1.82, 2.24) is 4.90 Å². The minimum Gasteiger partial charge on any atom is -0.496 e. The Balaban J connectivity index is 3.00. The monoisotopic (exact) mass is 274 g/mol. The van der Waals surface area contributed by atoms with Crippen LogP contribution < -0.4 is 4.74 Å². The van der Waals surface area contributed by atoms with Crippen molar-refractivity contribution in [2.45, 2.75) is 33.1 Å². The summed E-state index contributed by atoms with van der Waals surface area (Å²) in [7, 11) is 1.58. The maximum absolute atomic E-state index is 12.2. The maximum Gasteiger partial charge on any atom is 0.224 e. The number of ether oxygens (including phenoxy) is 1. The largest absolute Gasteiger partial charge is 0.496 e. The second-order valence-electron chi connectivity index (χ2n) is 4.70. The standard InChI is InChI=1S/C16H22N2O2/c1-5-18(6-2)16(19)10-13(11-17)14-9-12(3)7-8-15(14)20-4/h7-9,13H,5-6,10H2,1-4H3. The van der Waals surface area contributed by atoms with Crippen LogP contribution in [0.2, 0.25) is 0 Å². The molecule has 20 heavy (non-hydrogen) atoms. The van der Waals surface area contributed by atoms with Crippen LogP contribution in [0.15, 0.2) is 18.2 Å². The number of rotatable bonds is 6. The van der Waals surface area contributed by atoms with Crippen LogP contribution in [0.4, 0.5) is 0 Å². The van der Waals surface area contributed by atoms with E-state index in [1.54, 1.807) is 12.0 Å². The molecule has 1 atom stereocenters. The Morgan fingerprint density at radius 2 is 2.05 bits per heavy atom. The van der Waals surface area contributed by atoms with E-state index in [0.29, 0.717) is 18.8 Å². The number of amides is 1. The predicted molar refractivity (Wildman–Crippen MR) is 78.6 cm³/mol. The minimum absolute atomic E-state index is 0.00473. The fourth-order valence-corrected chi connectivity index (χ4v) is 2.23. The molecule has 0 heterocycles. The first-order valence-corrected chi connectivity index (χ1v) is 6.89. The van der Waals surface area contributed by atoms with E-state index in [1.165, 1.54) is 0 Å². The highest BCUT2D eigenvalue weighted by atomic mass is 16.5. The van der Waals surface area contributed by atoms with Crippen LogP contribution in [0.5, 0.6) is 5.75 Å². The minimum atomic E-state index is -0.474. The Bertz CT molecular complexity index is 502. The summed E-state index contributed by atoms with van der Waals surface area (Å²) in [5.74, 6) is 0.192. The maximum atomic E-state index is 12.2. The molecule has 1 rings (SSSR count). The summed E-state index contributed by atoms with van der Waals surface area (Å²) in [5, 5.41) is 9.39. The summed E-state index contributed by atoms with van der Waals surface area (Å²) in [6.07, 6.45) is 0.192. The summed E-state index contributed by atoms with van der Waals surface area (Å²) in [6, 6.07) is 7.92. The molecule has 108 valence electrons. The first-order valence-electron chi connectivity index (χ1n) is 6.89. The zero-order valence-corrected chi connectivity index (χ0v) is 12.6. The molecule has 0 aliphatic carbocycles. The zero-order chi connectivity index (χ0) is 15.1. The van der Waals surface area contributed by atoms with Gasteiger partial charge in [0.15, 0.2) is 0 Å². The predicted octanol–water partition coefficient (Wildman–Crippen LogP) is 2.87. The summed E-state index contributed by atoms with van der Waals surface area (Å²) >= 11 is 0. The topological polar surface area (TPSA) is 53.3 Å². The van der Waals surface area contributed by atoms with Crippen molar-refractivity contribution in [3.05, 3.63) is 29.3 Å². The van der Waals surface area contributed by atoms with Gasteiger partial charge >= 0.3 is 0 Å². The molecule has 0 aliphatic heterocycles. The lowest BCUT2D eigenvalue weighted by molar-refractivity contribution is -0.130. The average Bonchev–Trinajstić information content (AvgIpc) is 2.46. The van der Waals surface area contributed by atoms with Gasteiger partial charge in [0.1, 0.15) is 5.75 Å². The van der Waals surface area contributed by atoms with Crippen molar-refractivity contribution in [2.24, 2.45) is 0 Å². The Kier molecular flexibility index (Phi) is 6.05. The van der Waals surface area contributed by atoms with Gasteiger partial charge in [-0.3, -0.25) is 4.79 Å². The van der Waals surface area contributed by atoms with Gasteiger partial charge in [-0.25, -0.2) is 0 Å². The second-order valence-corrected chi connectivity index (χ2v) is 4.70. The molecule has 4 heteroatoms. The van der Waals surface area contributed by atoms with Gasteiger partial charge in [-0.05, 0) is 26.8 Å². The van der Waals surface area contributed by atoms with Gasteiger partial charge in [0, 0.05) is 25.1 Å². The van der Waals surface area contributed by atoms with Gasteiger partial charge in [0.2, 0.25) is 5.91 Å². The third kappa shape index (κ3) is 3.74. The first-order chi connectivity index (χ1) is 9.57. The summed E-state index contributed by atoms with van der Waals surface area (Å²) in [4.78, 5) is 13.9. The van der Waals surface area contributed by atoms with Gasteiger partial charge in [0.25, 0.3) is 0 Å². The van der Waals surface area contributed by atoms with Crippen molar-refractivity contribution in [3.8, 4) is 11.8 Å². The van der Waals surface area contributed by atoms with E-state index < -0.39 is 5.92 Å². The molecule has 1 unspecified atom stereocenters. The van der Waals surface area contributed by atoms with E-state index in [1.807, 2.05) is 39.0 Å². The molecule has 0 aliphatic rings.